The van der Waals surface area contributed by atoms with Crippen LogP contribution in [0.25, 0.3) is 34.4 Å². The van der Waals surface area contributed by atoms with Crippen LogP contribution in [0.2, 0.25) is 8.35 Å². The maximum absolute atomic E-state index is 3.14. The van der Waals surface area contributed by atoms with E-state index >= 15 is 0 Å². The predicted octanol–water partition coefficient (Wildman–Crippen LogP) is 8.69. The molecule has 0 N–H and O–H groups in total. The quantitative estimate of drug-likeness (QED) is 0.156. The number of halogens is 2. The second-order valence-electron chi connectivity index (χ2n) is 18.9. The van der Waals surface area contributed by atoms with Crippen molar-refractivity contribution in [2.24, 2.45) is 11.8 Å². The van der Waals surface area contributed by atoms with Crippen LogP contribution in [-0.4, -0.2) is 0 Å². The molecule has 0 radical (unpaired) electrons. The summed E-state index contributed by atoms with van der Waals surface area (Å²) in [6.45, 7) is 23.6. The minimum atomic E-state index is -3.14. The van der Waals surface area contributed by atoms with Crippen molar-refractivity contribution in [3.63, 3.8) is 0 Å². The van der Waals surface area contributed by atoms with Gasteiger partial charge in [0.15, 0.2) is 0 Å². The largest absolute Gasteiger partial charge is 1.00 e. The molecule has 2 unspecified atom stereocenters. The van der Waals surface area contributed by atoms with Gasteiger partial charge in [-0.05, 0) is 0 Å². The van der Waals surface area contributed by atoms with Crippen LogP contribution in [0.3, 0.4) is 0 Å². The smallest absolute Gasteiger partial charge is 1.00 e. The van der Waals surface area contributed by atoms with E-state index in [4.69, 9.17) is 0 Å². The van der Waals surface area contributed by atoms with Gasteiger partial charge in [-0.2, -0.15) is 0 Å². The number of fused-ring (bicyclic) bond motifs is 2. The number of benzene rings is 4. The van der Waals surface area contributed by atoms with Crippen LogP contribution in [0.4, 0.5) is 0 Å². The molecule has 4 aromatic carbocycles. The molecule has 0 amide bonds. The van der Waals surface area contributed by atoms with Crippen LogP contribution < -0.4 is 24.8 Å². The van der Waals surface area contributed by atoms with Crippen molar-refractivity contribution in [3.8, 4) is 22.3 Å². The van der Waals surface area contributed by atoms with Crippen LogP contribution in [0.15, 0.2) is 96.1 Å². The molecule has 1 saturated heterocycles. The predicted molar refractivity (Wildman–Crippen MR) is 216 cm³/mol. The summed E-state index contributed by atoms with van der Waals surface area (Å²) in [6, 6.07) is 33.6. The summed E-state index contributed by atoms with van der Waals surface area (Å²) >= 11 is -3.14. The van der Waals surface area contributed by atoms with E-state index in [1.807, 2.05) is 0 Å². The Morgan fingerprint density at radius 2 is 0.904 bits per heavy atom. The van der Waals surface area contributed by atoms with Crippen molar-refractivity contribution in [2.75, 3.05) is 0 Å². The molecule has 1 aliphatic heterocycles. The first-order chi connectivity index (χ1) is 23.7. The Morgan fingerprint density at radius 1 is 0.538 bits per heavy atom. The maximum atomic E-state index is 2.70. The van der Waals surface area contributed by atoms with E-state index in [1.54, 1.807) is 22.3 Å². The first-order valence-corrected chi connectivity index (χ1v) is 28.8. The third-order valence-corrected chi connectivity index (χ3v) is 34.5. The van der Waals surface area contributed by atoms with Gasteiger partial charge in [0.25, 0.3) is 0 Å². The van der Waals surface area contributed by atoms with Gasteiger partial charge < -0.3 is 24.8 Å². The summed E-state index contributed by atoms with van der Waals surface area (Å²) < 4.78 is 4.37. The molecule has 52 heavy (non-hydrogen) atoms. The Balaban J connectivity index is 0.00000261. The minimum absolute atomic E-state index is 0. The summed E-state index contributed by atoms with van der Waals surface area (Å²) in [5, 5.41) is 0. The van der Waals surface area contributed by atoms with Crippen LogP contribution >= 0.6 is 0 Å². The Kier molecular flexibility index (Phi) is 12.2. The van der Waals surface area contributed by atoms with E-state index in [1.165, 1.54) is 72.1 Å². The molecule has 2 atom stereocenters. The molecule has 274 valence electrons. The van der Waals surface area contributed by atoms with Crippen LogP contribution in [0.5, 0.6) is 0 Å². The monoisotopic (exact) mass is 898 g/mol. The fraction of sp³-hybridized carbons (Fsp3) is 0.429. The van der Waals surface area contributed by atoms with E-state index in [2.05, 4.69) is 166 Å². The molecule has 0 saturated carbocycles. The van der Waals surface area contributed by atoms with E-state index in [0.717, 1.165) is 0 Å². The van der Waals surface area contributed by atoms with Gasteiger partial charge in [-0.1, -0.05) is 0 Å². The van der Waals surface area contributed by atoms with Gasteiger partial charge in [0.05, 0.1) is 0 Å². The van der Waals surface area contributed by atoms with Gasteiger partial charge in [0, 0.05) is 0 Å². The molecule has 3 heteroatoms. The normalized spacial score (nSPS) is 18.3. The standard InChI is InChI=1S/2C23H27.C3H6.2ClH.Hf/c2*1-16(2)13-17-14-19-7-6-8-21(22(19)15-17)18-9-11-20(12-10-18)23(3,4)5;1-3-2;;;/h2*6-12,14-16H,13H2,1-5H3;1-3H2;2*1H;/q;;;;;+2/p-2. The molecule has 2 aliphatic carbocycles. The fourth-order valence-corrected chi connectivity index (χ4v) is 32.3. The van der Waals surface area contributed by atoms with Gasteiger partial charge in [0.2, 0.25) is 0 Å². The van der Waals surface area contributed by atoms with E-state index < -0.39 is 20.0 Å². The molecule has 1 fully saturated rings. The minimum Gasteiger partial charge on any atom is -1.00 e. The zero-order valence-corrected chi connectivity index (χ0v) is 38.4. The average molecular weight is 898 g/mol. The van der Waals surface area contributed by atoms with E-state index in [-0.39, 0.29) is 35.6 Å². The third-order valence-electron chi connectivity index (χ3n) is 12.1. The van der Waals surface area contributed by atoms with Crippen LogP contribution in [0.1, 0.15) is 129 Å². The number of allylic oxidation sites excluding steroid dienone is 2. The number of hydrogen-bond acceptors (Lipinski definition) is 0. The van der Waals surface area contributed by atoms with Crippen molar-refractivity contribution in [3.05, 3.63) is 129 Å². The molecular formula is C49H60Cl2Hf. The molecule has 0 bridgehead atoms. The molecule has 3 aliphatic rings. The molecule has 0 spiro atoms. The molecule has 4 aromatic rings. The third kappa shape index (κ3) is 7.55. The zero-order chi connectivity index (χ0) is 35.6. The van der Waals surface area contributed by atoms with Gasteiger partial charge in [-0.3, -0.25) is 0 Å². The Labute approximate surface area is 333 Å². The van der Waals surface area contributed by atoms with E-state index in [9.17, 15) is 0 Å². The van der Waals surface area contributed by atoms with Gasteiger partial charge in [0.1, 0.15) is 0 Å². The fourth-order valence-electron chi connectivity index (χ4n) is 9.71. The summed E-state index contributed by atoms with van der Waals surface area (Å²) in [4.78, 5) is 0. The van der Waals surface area contributed by atoms with Crippen molar-refractivity contribution in [1.82, 2.24) is 0 Å². The Hall–Kier alpha value is -2.19. The van der Waals surface area contributed by atoms with Crippen LogP contribution in [0, 0.1) is 11.8 Å². The van der Waals surface area contributed by atoms with Crippen molar-refractivity contribution in [1.29, 1.82) is 0 Å². The number of rotatable bonds is 8. The summed E-state index contributed by atoms with van der Waals surface area (Å²) in [5.41, 5.74) is 18.7. The molecule has 0 aromatic heterocycles. The molecule has 1 heterocycles. The van der Waals surface area contributed by atoms with Crippen molar-refractivity contribution >= 4 is 12.2 Å². The van der Waals surface area contributed by atoms with Crippen LogP contribution in [-0.2, 0) is 30.8 Å². The first kappa shape index (κ1) is 41.0. The van der Waals surface area contributed by atoms with Gasteiger partial charge in [-0.15, -0.1) is 0 Å². The molecular weight excluding hydrogens is 838 g/mol. The summed E-state index contributed by atoms with van der Waals surface area (Å²) in [6.07, 6.45) is 9.24. The second-order valence-corrected chi connectivity index (χ2v) is 35.5. The van der Waals surface area contributed by atoms with Gasteiger partial charge >= 0.3 is 311 Å². The van der Waals surface area contributed by atoms with Crippen molar-refractivity contribution < 1.29 is 44.8 Å². The maximum Gasteiger partial charge on any atom is -1.00 e. The summed E-state index contributed by atoms with van der Waals surface area (Å²) in [5.74, 6) is 1.31. The summed E-state index contributed by atoms with van der Waals surface area (Å²) in [7, 11) is 0. The van der Waals surface area contributed by atoms with Crippen molar-refractivity contribution in [2.45, 2.75) is 115 Å². The van der Waals surface area contributed by atoms with Gasteiger partial charge in [-0.25, -0.2) is 0 Å². The number of hydrogen-bond donors (Lipinski definition) is 0. The second kappa shape index (κ2) is 15.5. The SMILES string of the molecule is CC(C)CC1=Cc2c(-c3ccc(C(C)(C)C)cc3)cccc2[CH]1[Hf+2]1([CH]2C(CC(C)C)=Cc3c(-c4ccc(C(C)(C)C)cc4)cccc32)[CH2]C[CH2]1.[Cl-].[Cl-]. The Morgan fingerprint density at radius 3 is 1.19 bits per heavy atom. The molecule has 7 rings (SSSR count). The van der Waals surface area contributed by atoms with E-state index in [0.29, 0.717) is 19.2 Å². The average Bonchev–Trinajstić information content (AvgIpc) is 3.57. The molecule has 0 nitrogen and oxygen atoms in total. The topological polar surface area (TPSA) is 0 Å². The zero-order valence-electron chi connectivity index (χ0n) is 33.3. The Bertz CT molecular complexity index is 1800. The first-order valence-electron chi connectivity index (χ1n) is 19.6.